The minimum Gasteiger partial charge on any atom is -0.399 e. The molecule has 1 rings (SSSR count). The van der Waals surface area contributed by atoms with Crippen molar-refractivity contribution in [3.05, 3.63) is 29.8 Å². The SMILES string of the molecule is CCC(C)(C)CC(=O)c1ccc(N)cc1. The average Bonchev–Trinajstić information content (AvgIpc) is 2.18. The topological polar surface area (TPSA) is 43.1 Å². The molecule has 2 heteroatoms. The van der Waals surface area contributed by atoms with Crippen molar-refractivity contribution < 1.29 is 4.79 Å². The molecule has 0 atom stereocenters. The highest BCUT2D eigenvalue weighted by molar-refractivity contribution is 5.96. The van der Waals surface area contributed by atoms with Gasteiger partial charge in [0.1, 0.15) is 0 Å². The van der Waals surface area contributed by atoms with Crippen LogP contribution in [0.1, 0.15) is 44.0 Å². The number of anilines is 1. The largest absolute Gasteiger partial charge is 0.399 e. The number of hydrogen-bond donors (Lipinski definition) is 1. The van der Waals surface area contributed by atoms with Crippen LogP contribution in [0.3, 0.4) is 0 Å². The fourth-order valence-corrected chi connectivity index (χ4v) is 1.33. The van der Waals surface area contributed by atoms with Gasteiger partial charge in [-0.25, -0.2) is 0 Å². The van der Waals surface area contributed by atoms with Crippen molar-refractivity contribution in [2.75, 3.05) is 5.73 Å². The van der Waals surface area contributed by atoms with Gasteiger partial charge in [0.15, 0.2) is 5.78 Å². The molecule has 1 aromatic rings. The molecule has 0 heterocycles. The minimum absolute atomic E-state index is 0.0818. The number of Topliss-reactive ketones (excluding diaryl/α,β-unsaturated/α-hetero) is 1. The number of carbonyl (C=O) groups excluding carboxylic acids is 1. The van der Waals surface area contributed by atoms with Crippen LogP contribution in [0.5, 0.6) is 0 Å². The Balaban J connectivity index is 2.74. The molecule has 0 spiro atoms. The zero-order chi connectivity index (χ0) is 11.5. The number of rotatable bonds is 4. The number of nitrogen functional groups attached to an aromatic ring is 1. The Hall–Kier alpha value is -1.31. The molecule has 0 aliphatic carbocycles. The molecule has 2 nitrogen and oxygen atoms in total. The van der Waals surface area contributed by atoms with Gasteiger partial charge < -0.3 is 5.73 Å². The van der Waals surface area contributed by atoms with Crippen LogP contribution in [-0.2, 0) is 0 Å². The standard InChI is InChI=1S/C13H19NO/c1-4-13(2,3)9-12(15)10-5-7-11(14)8-6-10/h5-8H,4,9,14H2,1-3H3. The van der Waals surface area contributed by atoms with E-state index in [-0.39, 0.29) is 11.2 Å². The van der Waals surface area contributed by atoms with Gasteiger partial charge in [0.05, 0.1) is 0 Å². The molecule has 0 radical (unpaired) electrons. The first-order valence-electron chi connectivity index (χ1n) is 5.33. The summed E-state index contributed by atoms with van der Waals surface area (Å²) >= 11 is 0. The van der Waals surface area contributed by atoms with Gasteiger partial charge in [-0.1, -0.05) is 27.2 Å². The summed E-state index contributed by atoms with van der Waals surface area (Å²) in [6.45, 7) is 6.33. The predicted molar refractivity (Wildman–Crippen MR) is 63.9 cm³/mol. The van der Waals surface area contributed by atoms with Gasteiger partial charge >= 0.3 is 0 Å². The van der Waals surface area contributed by atoms with Crippen LogP contribution in [-0.4, -0.2) is 5.78 Å². The predicted octanol–water partition coefficient (Wildman–Crippen LogP) is 3.28. The molecule has 2 N–H and O–H groups in total. The van der Waals surface area contributed by atoms with Crippen molar-refractivity contribution in [1.29, 1.82) is 0 Å². The highest BCUT2D eigenvalue weighted by atomic mass is 16.1. The van der Waals surface area contributed by atoms with E-state index in [1.807, 2.05) is 0 Å². The maximum atomic E-state index is 11.9. The lowest BCUT2D eigenvalue weighted by atomic mass is 9.83. The summed E-state index contributed by atoms with van der Waals surface area (Å²) in [4.78, 5) is 11.9. The van der Waals surface area contributed by atoms with E-state index in [0.717, 1.165) is 12.0 Å². The molecule has 0 fully saturated rings. The van der Waals surface area contributed by atoms with Crippen molar-refractivity contribution in [2.24, 2.45) is 5.41 Å². The summed E-state index contributed by atoms with van der Waals surface area (Å²) in [7, 11) is 0. The van der Waals surface area contributed by atoms with E-state index in [1.165, 1.54) is 0 Å². The van der Waals surface area contributed by atoms with Gasteiger partial charge in [-0.3, -0.25) is 4.79 Å². The van der Waals surface area contributed by atoms with Crippen molar-refractivity contribution in [3.63, 3.8) is 0 Å². The van der Waals surface area contributed by atoms with E-state index in [2.05, 4.69) is 20.8 Å². The summed E-state index contributed by atoms with van der Waals surface area (Å²) in [5.41, 5.74) is 7.10. The molecule has 0 aliphatic rings. The van der Waals surface area contributed by atoms with E-state index in [1.54, 1.807) is 24.3 Å². The second-order valence-electron chi connectivity index (χ2n) is 4.74. The lowest BCUT2D eigenvalue weighted by molar-refractivity contribution is 0.0928. The molecule has 0 bridgehead atoms. The van der Waals surface area contributed by atoms with Gasteiger partial charge in [0, 0.05) is 17.7 Å². The molecule has 0 aromatic heterocycles. The molecule has 0 saturated heterocycles. The van der Waals surface area contributed by atoms with E-state index in [9.17, 15) is 4.79 Å². The van der Waals surface area contributed by atoms with Crippen LogP contribution < -0.4 is 5.73 Å². The van der Waals surface area contributed by atoms with Crippen molar-refractivity contribution in [3.8, 4) is 0 Å². The minimum atomic E-state index is 0.0818. The van der Waals surface area contributed by atoms with Crippen LogP contribution in [0.15, 0.2) is 24.3 Å². The number of carbonyl (C=O) groups is 1. The zero-order valence-electron chi connectivity index (χ0n) is 9.71. The van der Waals surface area contributed by atoms with E-state index in [0.29, 0.717) is 12.1 Å². The molecule has 1 aromatic carbocycles. The Morgan fingerprint density at radius 1 is 1.27 bits per heavy atom. The Kier molecular flexibility index (Phi) is 3.51. The van der Waals surface area contributed by atoms with Crippen LogP contribution in [0, 0.1) is 5.41 Å². The Labute approximate surface area is 91.5 Å². The monoisotopic (exact) mass is 205 g/mol. The number of ketones is 1. The molecule has 0 saturated carbocycles. The lowest BCUT2D eigenvalue weighted by Crippen LogP contribution is -2.16. The summed E-state index contributed by atoms with van der Waals surface area (Å²) in [6.07, 6.45) is 1.60. The molecule has 82 valence electrons. The molecule has 15 heavy (non-hydrogen) atoms. The first-order valence-corrected chi connectivity index (χ1v) is 5.33. The normalized spacial score (nSPS) is 11.4. The highest BCUT2D eigenvalue weighted by Gasteiger charge is 2.20. The first kappa shape index (κ1) is 11.8. The van der Waals surface area contributed by atoms with Gasteiger partial charge in [0.2, 0.25) is 0 Å². The van der Waals surface area contributed by atoms with Gasteiger partial charge in [-0.05, 0) is 29.7 Å². The molecule has 0 unspecified atom stereocenters. The Morgan fingerprint density at radius 3 is 2.27 bits per heavy atom. The smallest absolute Gasteiger partial charge is 0.163 e. The number of hydrogen-bond acceptors (Lipinski definition) is 2. The third kappa shape index (κ3) is 3.39. The second-order valence-corrected chi connectivity index (χ2v) is 4.74. The second kappa shape index (κ2) is 4.47. The molecule has 0 amide bonds. The van der Waals surface area contributed by atoms with Gasteiger partial charge in [0.25, 0.3) is 0 Å². The highest BCUT2D eigenvalue weighted by Crippen LogP contribution is 2.26. The van der Waals surface area contributed by atoms with E-state index in [4.69, 9.17) is 5.73 Å². The van der Waals surface area contributed by atoms with Crippen LogP contribution >= 0.6 is 0 Å². The van der Waals surface area contributed by atoms with Gasteiger partial charge in [-0.2, -0.15) is 0 Å². The van der Waals surface area contributed by atoms with Crippen molar-refractivity contribution >= 4 is 11.5 Å². The maximum Gasteiger partial charge on any atom is 0.163 e. The van der Waals surface area contributed by atoms with E-state index < -0.39 is 0 Å². The summed E-state index contributed by atoms with van der Waals surface area (Å²) in [5.74, 6) is 0.196. The van der Waals surface area contributed by atoms with Crippen molar-refractivity contribution in [1.82, 2.24) is 0 Å². The van der Waals surface area contributed by atoms with Crippen LogP contribution in [0.25, 0.3) is 0 Å². The van der Waals surface area contributed by atoms with Crippen LogP contribution in [0.2, 0.25) is 0 Å². The summed E-state index contributed by atoms with van der Waals surface area (Å²) in [5, 5.41) is 0. The molecular weight excluding hydrogens is 186 g/mol. The summed E-state index contributed by atoms with van der Waals surface area (Å²) < 4.78 is 0. The van der Waals surface area contributed by atoms with Gasteiger partial charge in [-0.15, -0.1) is 0 Å². The third-order valence-electron chi connectivity index (χ3n) is 2.83. The lowest BCUT2D eigenvalue weighted by Gasteiger charge is -2.21. The van der Waals surface area contributed by atoms with Crippen molar-refractivity contribution in [2.45, 2.75) is 33.6 Å². The average molecular weight is 205 g/mol. The number of benzene rings is 1. The quantitative estimate of drug-likeness (QED) is 0.605. The third-order valence-corrected chi connectivity index (χ3v) is 2.83. The van der Waals surface area contributed by atoms with Crippen LogP contribution in [0.4, 0.5) is 5.69 Å². The zero-order valence-corrected chi connectivity index (χ0v) is 9.71. The Bertz CT molecular complexity index is 338. The number of nitrogens with two attached hydrogens (primary N) is 1. The fraction of sp³-hybridized carbons (Fsp3) is 0.462. The maximum absolute atomic E-state index is 11.9. The fourth-order valence-electron chi connectivity index (χ4n) is 1.33. The molecular formula is C13H19NO. The molecule has 0 aliphatic heterocycles. The summed E-state index contributed by atoms with van der Waals surface area (Å²) in [6, 6.07) is 7.13. The Morgan fingerprint density at radius 2 is 1.80 bits per heavy atom. The van der Waals surface area contributed by atoms with E-state index >= 15 is 0 Å². The first-order chi connectivity index (χ1) is 6.94.